The Hall–Kier alpha value is -0.650. The van der Waals surface area contributed by atoms with Crippen molar-refractivity contribution in [3.8, 4) is 0 Å². The van der Waals surface area contributed by atoms with Crippen molar-refractivity contribution in [2.75, 3.05) is 0 Å². The smallest absolute Gasteiger partial charge is 0.0643 e. The van der Waals surface area contributed by atoms with Crippen molar-refractivity contribution in [2.45, 2.75) is 38.8 Å². The molecule has 0 aliphatic rings. The lowest BCUT2D eigenvalue weighted by molar-refractivity contribution is 0.472. The highest BCUT2D eigenvalue weighted by molar-refractivity contribution is 9.11. The fraction of sp³-hybridized carbons (Fsp3) is 0.400. The van der Waals surface area contributed by atoms with Gasteiger partial charge in [-0.05, 0) is 43.2 Å². The Kier molecular flexibility index (Phi) is 5.41. The van der Waals surface area contributed by atoms with E-state index in [1.807, 2.05) is 16.9 Å². The molecule has 0 spiro atoms. The molecule has 0 radical (unpaired) electrons. The van der Waals surface area contributed by atoms with Gasteiger partial charge in [-0.2, -0.15) is 5.10 Å². The number of hydrogen-bond donors (Lipinski definition) is 1. The summed E-state index contributed by atoms with van der Waals surface area (Å²) in [4.78, 5) is 0. The molecular weight excluding hydrogens is 382 g/mol. The zero-order valence-corrected chi connectivity index (χ0v) is 14.9. The van der Waals surface area contributed by atoms with E-state index in [0.29, 0.717) is 6.04 Å². The molecule has 0 saturated heterocycles. The van der Waals surface area contributed by atoms with Gasteiger partial charge in [0.1, 0.15) is 0 Å². The van der Waals surface area contributed by atoms with Gasteiger partial charge in [-0.25, -0.2) is 0 Å². The van der Waals surface area contributed by atoms with Crippen LogP contribution in [0.4, 0.5) is 0 Å². The minimum Gasteiger partial charge on any atom is -0.324 e. The standard InChI is InChI=1S/C15H19Br2N3/c1-3-10(2)20-5-4-14(19-20)9-15(18)11-6-12(16)8-13(17)7-11/h4-8,10,15H,3,9,18H2,1-2H3. The molecule has 5 heteroatoms. The second kappa shape index (κ2) is 6.87. The average molecular weight is 401 g/mol. The first kappa shape index (κ1) is 15.7. The number of nitrogens with zero attached hydrogens (tertiary/aromatic N) is 2. The van der Waals surface area contributed by atoms with Crippen molar-refractivity contribution < 1.29 is 0 Å². The number of benzene rings is 1. The molecule has 0 aliphatic heterocycles. The van der Waals surface area contributed by atoms with E-state index in [1.54, 1.807) is 0 Å². The molecule has 0 bridgehead atoms. The van der Waals surface area contributed by atoms with Gasteiger partial charge in [0.05, 0.1) is 5.69 Å². The fourth-order valence-corrected chi connectivity index (χ4v) is 3.38. The summed E-state index contributed by atoms with van der Waals surface area (Å²) in [5, 5.41) is 4.60. The van der Waals surface area contributed by atoms with E-state index in [4.69, 9.17) is 5.73 Å². The van der Waals surface area contributed by atoms with Gasteiger partial charge in [-0.15, -0.1) is 0 Å². The zero-order chi connectivity index (χ0) is 14.7. The largest absolute Gasteiger partial charge is 0.324 e. The third-order valence-electron chi connectivity index (χ3n) is 3.45. The third-order valence-corrected chi connectivity index (χ3v) is 4.36. The molecule has 0 amide bonds. The van der Waals surface area contributed by atoms with Crippen LogP contribution in [0.15, 0.2) is 39.4 Å². The van der Waals surface area contributed by atoms with Gasteiger partial charge in [0, 0.05) is 33.6 Å². The van der Waals surface area contributed by atoms with Gasteiger partial charge in [0.2, 0.25) is 0 Å². The maximum absolute atomic E-state index is 6.29. The van der Waals surface area contributed by atoms with Crippen LogP contribution in [0.25, 0.3) is 0 Å². The highest BCUT2D eigenvalue weighted by Gasteiger charge is 2.12. The Morgan fingerprint density at radius 3 is 2.50 bits per heavy atom. The lowest BCUT2D eigenvalue weighted by Gasteiger charge is -2.12. The van der Waals surface area contributed by atoms with Crippen LogP contribution in [-0.2, 0) is 6.42 Å². The van der Waals surface area contributed by atoms with Crippen LogP contribution in [0.3, 0.4) is 0 Å². The summed E-state index contributed by atoms with van der Waals surface area (Å²) < 4.78 is 4.07. The van der Waals surface area contributed by atoms with Gasteiger partial charge in [-0.1, -0.05) is 38.8 Å². The third kappa shape index (κ3) is 3.93. The van der Waals surface area contributed by atoms with Gasteiger partial charge in [-0.3, -0.25) is 4.68 Å². The minimum absolute atomic E-state index is 0.0518. The molecule has 1 aromatic heterocycles. The number of aromatic nitrogens is 2. The summed E-state index contributed by atoms with van der Waals surface area (Å²) in [5.41, 5.74) is 8.43. The number of nitrogens with two attached hydrogens (primary N) is 1. The molecule has 108 valence electrons. The van der Waals surface area contributed by atoms with Crippen LogP contribution >= 0.6 is 31.9 Å². The molecular formula is C15H19Br2N3. The van der Waals surface area contributed by atoms with Gasteiger partial charge in [0.15, 0.2) is 0 Å². The molecule has 2 unspecified atom stereocenters. The molecule has 2 rings (SSSR count). The molecule has 2 aromatic rings. The van der Waals surface area contributed by atoms with Gasteiger partial charge < -0.3 is 5.73 Å². The molecule has 0 aliphatic carbocycles. The molecule has 1 aromatic carbocycles. The Bertz CT molecular complexity index is 560. The highest BCUT2D eigenvalue weighted by Crippen LogP contribution is 2.25. The lowest BCUT2D eigenvalue weighted by atomic mass is 10.0. The summed E-state index contributed by atoms with van der Waals surface area (Å²) in [7, 11) is 0. The first-order valence-electron chi connectivity index (χ1n) is 6.75. The van der Waals surface area contributed by atoms with Crippen molar-refractivity contribution in [1.29, 1.82) is 0 Å². The van der Waals surface area contributed by atoms with E-state index in [-0.39, 0.29) is 6.04 Å². The topological polar surface area (TPSA) is 43.8 Å². The highest BCUT2D eigenvalue weighted by atomic mass is 79.9. The predicted molar refractivity (Wildman–Crippen MR) is 89.7 cm³/mol. The lowest BCUT2D eigenvalue weighted by Crippen LogP contribution is -2.14. The Morgan fingerprint density at radius 1 is 1.25 bits per heavy atom. The normalized spacial score (nSPS) is 14.2. The molecule has 0 saturated carbocycles. The minimum atomic E-state index is -0.0518. The summed E-state index contributed by atoms with van der Waals surface area (Å²) in [6.45, 7) is 4.33. The quantitative estimate of drug-likeness (QED) is 0.795. The predicted octanol–water partition coefficient (Wildman–Crippen LogP) is 4.62. The summed E-state index contributed by atoms with van der Waals surface area (Å²) in [5.74, 6) is 0. The maximum atomic E-state index is 6.29. The van der Waals surface area contributed by atoms with E-state index in [0.717, 1.165) is 33.0 Å². The first-order valence-corrected chi connectivity index (χ1v) is 8.33. The number of hydrogen-bond acceptors (Lipinski definition) is 2. The zero-order valence-electron chi connectivity index (χ0n) is 11.7. The van der Waals surface area contributed by atoms with Crippen molar-refractivity contribution >= 4 is 31.9 Å². The Labute approximate surface area is 136 Å². The van der Waals surface area contributed by atoms with Gasteiger partial charge in [0.25, 0.3) is 0 Å². The SMILES string of the molecule is CCC(C)n1ccc(CC(N)c2cc(Br)cc(Br)c2)n1. The van der Waals surface area contributed by atoms with Crippen LogP contribution in [0, 0.1) is 0 Å². The van der Waals surface area contributed by atoms with Crippen molar-refractivity contribution in [2.24, 2.45) is 5.73 Å². The molecule has 20 heavy (non-hydrogen) atoms. The summed E-state index contributed by atoms with van der Waals surface area (Å²) >= 11 is 6.99. The van der Waals surface area contributed by atoms with E-state index in [1.165, 1.54) is 0 Å². The van der Waals surface area contributed by atoms with Crippen LogP contribution in [0.2, 0.25) is 0 Å². The first-order chi connectivity index (χ1) is 9.49. The summed E-state index contributed by atoms with van der Waals surface area (Å²) in [6, 6.07) is 8.55. The molecule has 1 heterocycles. The Morgan fingerprint density at radius 2 is 1.90 bits per heavy atom. The number of rotatable bonds is 5. The van der Waals surface area contributed by atoms with Crippen LogP contribution < -0.4 is 5.73 Å². The van der Waals surface area contributed by atoms with Crippen LogP contribution in [0.5, 0.6) is 0 Å². The van der Waals surface area contributed by atoms with Crippen LogP contribution in [-0.4, -0.2) is 9.78 Å². The Balaban J connectivity index is 2.11. The molecule has 2 N–H and O–H groups in total. The molecule has 3 nitrogen and oxygen atoms in total. The molecule has 0 fully saturated rings. The van der Waals surface area contributed by atoms with Crippen molar-refractivity contribution in [3.05, 3.63) is 50.7 Å². The van der Waals surface area contributed by atoms with Gasteiger partial charge >= 0.3 is 0 Å². The number of halogens is 2. The summed E-state index contributed by atoms with van der Waals surface area (Å²) in [6.07, 6.45) is 3.85. The van der Waals surface area contributed by atoms with Crippen molar-refractivity contribution in [1.82, 2.24) is 9.78 Å². The van der Waals surface area contributed by atoms with Crippen LogP contribution in [0.1, 0.15) is 43.6 Å². The van der Waals surface area contributed by atoms with E-state index < -0.39 is 0 Å². The van der Waals surface area contributed by atoms with E-state index in [2.05, 4.69) is 69.0 Å². The monoisotopic (exact) mass is 399 g/mol. The second-order valence-electron chi connectivity index (χ2n) is 5.06. The van der Waals surface area contributed by atoms with Crippen molar-refractivity contribution in [3.63, 3.8) is 0 Å². The molecule has 2 atom stereocenters. The maximum Gasteiger partial charge on any atom is 0.0643 e. The van der Waals surface area contributed by atoms with E-state index in [9.17, 15) is 0 Å². The average Bonchev–Trinajstić information content (AvgIpc) is 2.85. The van der Waals surface area contributed by atoms with E-state index >= 15 is 0 Å². The fourth-order valence-electron chi connectivity index (χ4n) is 2.05. The second-order valence-corrected chi connectivity index (χ2v) is 6.89.